The van der Waals surface area contributed by atoms with Gasteiger partial charge in [-0.1, -0.05) is 6.07 Å². The van der Waals surface area contributed by atoms with Gasteiger partial charge >= 0.3 is 0 Å². The lowest BCUT2D eigenvalue weighted by Crippen LogP contribution is -2.35. The van der Waals surface area contributed by atoms with Crippen LogP contribution in [0.2, 0.25) is 0 Å². The fourth-order valence-electron chi connectivity index (χ4n) is 2.43. The van der Waals surface area contributed by atoms with E-state index in [9.17, 15) is 0 Å². The normalized spacial score (nSPS) is 19.4. The molecule has 0 bridgehead atoms. The van der Waals surface area contributed by atoms with Gasteiger partial charge in [-0.05, 0) is 37.3 Å². The first-order chi connectivity index (χ1) is 8.70. The summed E-state index contributed by atoms with van der Waals surface area (Å²) in [4.78, 5) is 4.71. The first-order valence-electron chi connectivity index (χ1n) is 6.37. The van der Waals surface area contributed by atoms with E-state index in [4.69, 9.17) is 10.7 Å². The van der Waals surface area contributed by atoms with E-state index >= 15 is 0 Å². The van der Waals surface area contributed by atoms with E-state index in [0.717, 1.165) is 28.7 Å². The highest BCUT2D eigenvalue weighted by molar-refractivity contribution is 5.65. The minimum Gasteiger partial charge on any atom is -0.325 e. The maximum Gasteiger partial charge on any atom is 0.0982 e. The molecule has 0 amide bonds. The Morgan fingerprint density at radius 2 is 2.22 bits per heavy atom. The van der Waals surface area contributed by atoms with Gasteiger partial charge in [0.2, 0.25) is 0 Å². The average molecular weight is 245 g/mol. The fourth-order valence-corrected chi connectivity index (χ4v) is 2.43. The van der Waals surface area contributed by atoms with Crippen molar-refractivity contribution >= 4 is 5.70 Å². The second-order valence-electron chi connectivity index (χ2n) is 4.97. The molecule has 1 aliphatic heterocycles. The molecule has 4 N–H and O–H groups in total. The molecule has 0 unspecified atom stereocenters. The van der Waals surface area contributed by atoms with Crippen LogP contribution in [-0.4, -0.2) is 23.6 Å². The van der Waals surface area contributed by atoms with Crippen molar-refractivity contribution in [3.05, 3.63) is 34.8 Å². The number of aryl methyl sites for hydroxylation is 1. The summed E-state index contributed by atoms with van der Waals surface area (Å²) < 4.78 is 0. The summed E-state index contributed by atoms with van der Waals surface area (Å²) >= 11 is 0. The zero-order chi connectivity index (χ0) is 12.7. The monoisotopic (exact) mass is 245 g/mol. The number of nitrogens with zero attached hydrogens (tertiary/aromatic N) is 2. The third-order valence-corrected chi connectivity index (χ3v) is 3.64. The summed E-state index contributed by atoms with van der Waals surface area (Å²) in [5, 5.41) is 1.89. The number of hydrogen-bond acceptors (Lipinski definition) is 5. The Morgan fingerprint density at radius 1 is 1.44 bits per heavy atom. The first kappa shape index (κ1) is 11.5. The molecule has 1 fully saturated rings. The van der Waals surface area contributed by atoms with Gasteiger partial charge in [-0.25, -0.2) is 0 Å². The zero-order valence-corrected chi connectivity index (χ0v) is 10.8. The van der Waals surface area contributed by atoms with Crippen LogP contribution in [-0.2, 0) is 0 Å². The highest BCUT2D eigenvalue weighted by Gasteiger charge is 2.26. The van der Waals surface area contributed by atoms with Gasteiger partial charge in [0.25, 0.3) is 0 Å². The van der Waals surface area contributed by atoms with Gasteiger partial charge in [0, 0.05) is 19.3 Å². The van der Waals surface area contributed by atoms with Crippen molar-refractivity contribution in [2.24, 2.45) is 5.73 Å². The van der Waals surface area contributed by atoms with E-state index in [1.165, 1.54) is 18.4 Å². The molecule has 3 rings (SSSR count). The van der Waals surface area contributed by atoms with Crippen LogP contribution in [0.5, 0.6) is 0 Å². The van der Waals surface area contributed by atoms with Crippen LogP contribution in [0.4, 0.5) is 0 Å². The summed E-state index contributed by atoms with van der Waals surface area (Å²) in [6.45, 7) is 2.57. The van der Waals surface area contributed by atoms with E-state index in [1.54, 1.807) is 0 Å². The van der Waals surface area contributed by atoms with Gasteiger partial charge < -0.3 is 5.73 Å². The first-order valence-corrected chi connectivity index (χ1v) is 6.37. The smallest absolute Gasteiger partial charge is 0.0982 e. The van der Waals surface area contributed by atoms with E-state index in [0.29, 0.717) is 6.54 Å². The Labute approximate surface area is 107 Å². The zero-order valence-electron chi connectivity index (χ0n) is 10.8. The molecule has 2 heterocycles. The van der Waals surface area contributed by atoms with Crippen LogP contribution < -0.4 is 16.7 Å². The molecule has 2 aliphatic rings. The van der Waals surface area contributed by atoms with Gasteiger partial charge in [-0.15, -0.1) is 5.53 Å². The number of nitrogens with two attached hydrogens (primary N) is 1. The SMILES string of the molecule is Cc1nc(C2=C(CN)N(C)NN2)ccc1C1CC1. The van der Waals surface area contributed by atoms with Crippen molar-refractivity contribution in [2.75, 3.05) is 13.6 Å². The van der Waals surface area contributed by atoms with Gasteiger partial charge in [0.05, 0.1) is 17.1 Å². The largest absolute Gasteiger partial charge is 0.325 e. The van der Waals surface area contributed by atoms with E-state index < -0.39 is 0 Å². The molecule has 0 radical (unpaired) electrons. The fraction of sp³-hybridized carbons (Fsp3) is 0.462. The number of hydrazine groups is 2. The van der Waals surface area contributed by atoms with Crippen molar-refractivity contribution in [2.45, 2.75) is 25.7 Å². The molecule has 5 heteroatoms. The molecule has 0 aromatic carbocycles. The topological polar surface area (TPSA) is 66.2 Å². The highest BCUT2D eigenvalue weighted by Crippen LogP contribution is 2.41. The molecule has 1 aromatic heterocycles. The predicted molar refractivity (Wildman–Crippen MR) is 71.0 cm³/mol. The van der Waals surface area contributed by atoms with Crippen molar-refractivity contribution in [3.63, 3.8) is 0 Å². The van der Waals surface area contributed by atoms with Crippen molar-refractivity contribution < 1.29 is 0 Å². The molecule has 1 aromatic rings. The summed E-state index contributed by atoms with van der Waals surface area (Å²) in [5.74, 6) is 0.742. The average Bonchev–Trinajstić information content (AvgIpc) is 3.12. The predicted octanol–water partition coefficient (Wildman–Crippen LogP) is 0.849. The number of hydrogen-bond donors (Lipinski definition) is 3. The summed E-state index contributed by atoms with van der Waals surface area (Å²) in [6, 6.07) is 4.29. The van der Waals surface area contributed by atoms with Gasteiger partial charge in [-0.2, -0.15) is 0 Å². The lowest BCUT2D eigenvalue weighted by atomic mass is 10.1. The highest BCUT2D eigenvalue weighted by atomic mass is 15.7. The number of rotatable bonds is 3. The third-order valence-electron chi connectivity index (χ3n) is 3.64. The molecular weight excluding hydrogens is 226 g/mol. The summed E-state index contributed by atoms with van der Waals surface area (Å²) in [5.41, 5.74) is 17.4. The number of nitrogens with one attached hydrogen (secondary N) is 2. The maximum absolute atomic E-state index is 5.77. The molecule has 96 valence electrons. The van der Waals surface area contributed by atoms with Crippen molar-refractivity contribution in [1.82, 2.24) is 21.0 Å². The number of pyridine rings is 1. The van der Waals surface area contributed by atoms with E-state index in [1.807, 2.05) is 12.1 Å². The van der Waals surface area contributed by atoms with Crippen LogP contribution >= 0.6 is 0 Å². The van der Waals surface area contributed by atoms with Crippen LogP contribution in [0.1, 0.15) is 35.7 Å². The van der Waals surface area contributed by atoms with Crippen LogP contribution in [0.25, 0.3) is 5.70 Å². The molecule has 18 heavy (non-hydrogen) atoms. The Balaban J connectivity index is 1.97. The van der Waals surface area contributed by atoms with Crippen LogP contribution in [0.3, 0.4) is 0 Å². The lowest BCUT2D eigenvalue weighted by molar-refractivity contribution is 0.304. The summed E-state index contributed by atoms with van der Waals surface area (Å²) in [6.07, 6.45) is 2.61. The molecule has 1 saturated carbocycles. The molecule has 1 aliphatic carbocycles. The number of aromatic nitrogens is 1. The molecule has 0 saturated heterocycles. The van der Waals surface area contributed by atoms with Crippen LogP contribution in [0, 0.1) is 6.92 Å². The molecule has 0 spiro atoms. The second-order valence-corrected chi connectivity index (χ2v) is 4.97. The van der Waals surface area contributed by atoms with Crippen LogP contribution in [0.15, 0.2) is 17.8 Å². The van der Waals surface area contributed by atoms with E-state index in [-0.39, 0.29) is 0 Å². The molecular formula is C13H19N5. The quantitative estimate of drug-likeness (QED) is 0.736. The Bertz CT molecular complexity index is 504. The summed E-state index contributed by atoms with van der Waals surface area (Å²) in [7, 11) is 1.94. The maximum atomic E-state index is 5.77. The van der Waals surface area contributed by atoms with Crippen molar-refractivity contribution in [1.29, 1.82) is 0 Å². The third kappa shape index (κ3) is 1.85. The Morgan fingerprint density at radius 3 is 2.83 bits per heavy atom. The molecule has 0 atom stereocenters. The molecule has 5 nitrogen and oxygen atoms in total. The standard InChI is InChI=1S/C13H19N5/c1-8-10(9-3-4-9)5-6-11(15-8)13-12(7-14)18(2)17-16-13/h5-6,9,16-17H,3-4,7,14H2,1-2H3. The van der Waals surface area contributed by atoms with Crippen molar-refractivity contribution in [3.8, 4) is 0 Å². The van der Waals surface area contributed by atoms with Gasteiger partial charge in [0.1, 0.15) is 0 Å². The second kappa shape index (κ2) is 4.26. The Hall–Kier alpha value is -1.59. The minimum atomic E-state index is 0.483. The Kier molecular flexibility index (Phi) is 2.72. The van der Waals surface area contributed by atoms with Gasteiger partial charge in [0.15, 0.2) is 0 Å². The number of likely N-dealkylation sites (N-methyl/N-ethyl adjacent to an activating group) is 1. The van der Waals surface area contributed by atoms with E-state index in [2.05, 4.69) is 30.0 Å². The minimum absolute atomic E-state index is 0.483. The van der Waals surface area contributed by atoms with Gasteiger partial charge in [-0.3, -0.25) is 15.4 Å². The lowest BCUT2D eigenvalue weighted by Gasteiger charge is -2.12.